The summed E-state index contributed by atoms with van der Waals surface area (Å²) in [7, 11) is -3.65. The largest absolute Gasteiger partial charge is 0.242 e. The molecule has 0 radical (unpaired) electrons. The van der Waals surface area contributed by atoms with Gasteiger partial charge in [-0.2, -0.15) is 4.72 Å². The van der Waals surface area contributed by atoms with E-state index < -0.39 is 15.6 Å². The monoisotopic (exact) mass is 273 g/mol. The second-order valence-corrected chi connectivity index (χ2v) is 6.50. The SMILES string of the molecule is C#CC(C)(C)NS(=O)(=O)c1cccc2ccccc12. The van der Waals surface area contributed by atoms with Crippen LogP contribution in [-0.2, 0) is 10.0 Å². The van der Waals surface area contributed by atoms with Crippen LogP contribution in [0.15, 0.2) is 47.4 Å². The molecule has 0 saturated heterocycles. The van der Waals surface area contributed by atoms with Crippen molar-refractivity contribution in [1.82, 2.24) is 4.72 Å². The van der Waals surface area contributed by atoms with Crippen molar-refractivity contribution in [3.05, 3.63) is 42.5 Å². The fourth-order valence-corrected chi connectivity index (χ4v) is 3.42. The maximum Gasteiger partial charge on any atom is 0.242 e. The van der Waals surface area contributed by atoms with E-state index in [0.717, 1.165) is 5.39 Å². The summed E-state index contributed by atoms with van der Waals surface area (Å²) in [6, 6.07) is 12.5. The van der Waals surface area contributed by atoms with Gasteiger partial charge in [-0.25, -0.2) is 8.42 Å². The van der Waals surface area contributed by atoms with Crippen LogP contribution in [0.3, 0.4) is 0 Å². The molecule has 4 heteroatoms. The van der Waals surface area contributed by atoms with Crippen LogP contribution in [-0.4, -0.2) is 14.0 Å². The average molecular weight is 273 g/mol. The van der Waals surface area contributed by atoms with Gasteiger partial charge in [0, 0.05) is 5.39 Å². The number of benzene rings is 2. The zero-order chi connectivity index (χ0) is 14.1. The third kappa shape index (κ3) is 2.78. The van der Waals surface area contributed by atoms with Crippen molar-refractivity contribution in [2.24, 2.45) is 0 Å². The molecule has 0 spiro atoms. The molecule has 0 aromatic heterocycles. The number of fused-ring (bicyclic) bond motifs is 1. The van der Waals surface area contributed by atoms with E-state index in [4.69, 9.17) is 6.42 Å². The molecule has 0 aliphatic heterocycles. The minimum atomic E-state index is -3.65. The second-order valence-electron chi connectivity index (χ2n) is 4.85. The first-order chi connectivity index (χ1) is 8.86. The van der Waals surface area contributed by atoms with E-state index >= 15 is 0 Å². The van der Waals surface area contributed by atoms with Gasteiger partial charge in [-0.1, -0.05) is 42.3 Å². The zero-order valence-corrected chi connectivity index (χ0v) is 11.7. The molecule has 2 rings (SSSR count). The smallest absolute Gasteiger partial charge is 0.207 e. The first-order valence-corrected chi connectivity index (χ1v) is 7.33. The minimum absolute atomic E-state index is 0.244. The van der Waals surface area contributed by atoms with Crippen LogP contribution >= 0.6 is 0 Å². The van der Waals surface area contributed by atoms with Gasteiger partial charge in [-0.3, -0.25) is 0 Å². The molecule has 0 aliphatic rings. The van der Waals surface area contributed by atoms with Crippen molar-refractivity contribution >= 4 is 20.8 Å². The lowest BCUT2D eigenvalue weighted by Crippen LogP contribution is -2.42. The van der Waals surface area contributed by atoms with Gasteiger partial charge >= 0.3 is 0 Å². The molecule has 19 heavy (non-hydrogen) atoms. The number of sulfonamides is 1. The van der Waals surface area contributed by atoms with Gasteiger partial charge in [0.2, 0.25) is 10.0 Å². The highest BCUT2D eigenvalue weighted by Gasteiger charge is 2.25. The van der Waals surface area contributed by atoms with E-state index in [1.165, 1.54) is 0 Å². The Balaban J connectivity index is 2.59. The lowest BCUT2D eigenvalue weighted by Gasteiger charge is -2.20. The maximum absolute atomic E-state index is 12.4. The van der Waals surface area contributed by atoms with Crippen LogP contribution in [0.25, 0.3) is 10.8 Å². The lowest BCUT2D eigenvalue weighted by molar-refractivity contribution is 0.540. The van der Waals surface area contributed by atoms with E-state index in [9.17, 15) is 8.42 Å². The summed E-state index contributed by atoms with van der Waals surface area (Å²) in [6.45, 7) is 3.30. The third-order valence-corrected chi connectivity index (χ3v) is 4.50. The first-order valence-electron chi connectivity index (χ1n) is 5.85. The lowest BCUT2D eigenvalue weighted by atomic mass is 10.1. The van der Waals surface area contributed by atoms with E-state index in [1.54, 1.807) is 32.0 Å². The third-order valence-electron chi connectivity index (χ3n) is 2.79. The van der Waals surface area contributed by atoms with Gasteiger partial charge in [-0.05, 0) is 25.3 Å². The molecule has 0 unspecified atom stereocenters. The number of terminal acetylenes is 1. The van der Waals surface area contributed by atoms with Gasteiger partial charge in [0.05, 0.1) is 10.4 Å². The van der Waals surface area contributed by atoms with Crippen molar-refractivity contribution in [2.75, 3.05) is 0 Å². The van der Waals surface area contributed by atoms with Crippen LogP contribution in [0, 0.1) is 12.3 Å². The van der Waals surface area contributed by atoms with Crippen LogP contribution < -0.4 is 4.72 Å². The summed E-state index contributed by atoms with van der Waals surface area (Å²) in [5.74, 6) is 2.42. The molecule has 0 atom stereocenters. The normalized spacial score (nSPS) is 12.3. The predicted octanol–water partition coefficient (Wildman–Crippen LogP) is 2.53. The van der Waals surface area contributed by atoms with Crippen LogP contribution in [0.2, 0.25) is 0 Å². The molecule has 0 aliphatic carbocycles. The Hall–Kier alpha value is -1.83. The molecule has 0 fully saturated rings. The molecular formula is C15H15NO2S. The minimum Gasteiger partial charge on any atom is -0.207 e. The maximum atomic E-state index is 12.4. The van der Waals surface area contributed by atoms with Crippen molar-refractivity contribution in [2.45, 2.75) is 24.3 Å². The molecule has 0 amide bonds. The molecule has 2 aromatic carbocycles. The molecule has 1 N–H and O–H groups in total. The molecule has 0 heterocycles. The summed E-state index contributed by atoms with van der Waals surface area (Å²) in [4.78, 5) is 0.244. The number of rotatable bonds is 3. The quantitative estimate of drug-likeness (QED) is 0.873. The average Bonchev–Trinajstić information content (AvgIpc) is 2.37. The van der Waals surface area contributed by atoms with Crippen molar-refractivity contribution < 1.29 is 8.42 Å². The Labute approximate surface area is 113 Å². The number of nitrogens with one attached hydrogen (secondary N) is 1. The van der Waals surface area contributed by atoms with E-state index in [1.807, 2.05) is 24.3 Å². The molecular weight excluding hydrogens is 258 g/mol. The summed E-state index contributed by atoms with van der Waals surface area (Å²) < 4.78 is 27.4. The second kappa shape index (κ2) is 4.69. The van der Waals surface area contributed by atoms with Crippen LogP contribution in [0.1, 0.15) is 13.8 Å². The standard InChI is InChI=1S/C15H15NO2S/c1-4-15(2,3)16-19(17,18)14-11-7-9-12-8-5-6-10-13(12)14/h1,5-11,16H,2-3H3. The van der Waals surface area contributed by atoms with Crippen molar-refractivity contribution in [3.63, 3.8) is 0 Å². The van der Waals surface area contributed by atoms with Crippen molar-refractivity contribution in [3.8, 4) is 12.3 Å². The highest BCUT2D eigenvalue weighted by molar-refractivity contribution is 7.89. The van der Waals surface area contributed by atoms with Gasteiger partial charge in [0.25, 0.3) is 0 Å². The predicted molar refractivity (Wildman–Crippen MR) is 77.2 cm³/mol. The number of hydrogen-bond donors (Lipinski definition) is 1. The van der Waals surface area contributed by atoms with Gasteiger partial charge < -0.3 is 0 Å². The van der Waals surface area contributed by atoms with E-state index in [0.29, 0.717) is 5.39 Å². The Kier molecular flexibility index (Phi) is 3.36. The fraction of sp³-hybridized carbons (Fsp3) is 0.200. The van der Waals surface area contributed by atoms with Crippen LogP contribution in [0.5, 0.6) is 0 Å². The Bertz CT molecular complexity index is 750. The highest BCUT2D eigenvalue weighted by atomic mass is 32.2. The summed E-state index contributed by atoms with van der Waals surface area (Å²) >= 11 is 0. The first kappa shape index (κ1) is 13.6. The summed E-state index contributed by atoms with van der Waals surface area (Å²) in [6.07, 6.45) is 5.33. The number of hydrogen-bond acceptors (Lipinski definition) is 2. The van der Waals surface area contributed by atoms with Gasteiger partial charge in [0.1, 0.15) is 0 Å². The molecule has 0 bridgehead atoms. The molecule has 3 nitrogen and oxygen atoms in total. The molecule has 98 valence electrons. The summed E-state index contributed by atoms with van der Waals surface area (Å²) in [5, 5.41) is 1.56. The van der Waals surface area contributed by atoms with Crippen molar-refractivity contribution in [1.29, 1.82) is 0 Å². The van der Waals surface area contributed by atoms with Gasteiger partial charge in [0.15, 0.2) is 0 Å². The van der Waals surface area contributed by atoms with E-state index in [2.05, 4.69) is 10.6 Å². The Morgan fingerprint density at radius 3 is 2.42 bits per heavy atom. The molecule has 2 aromatic rings. The highest BCUT2D eigenvalue weighted by Crippen LogP contribution is 2.23. The van der Waals surface area contributed by atoms with Gasteiger partial charge in [-0.15, -0.1) is 6.42 Å². The van der Waals surface area contributed by atoms with Crippen LogP contribution in [0.4, 0.5) is 0 Å². The topological polar surface area (TPSA) is 46.2 Å². The summed E-state index contributed by atoms with van der Waals surface area (Å²) in [5.41, 5.74) is -0.921. The molecule has 0 saturated carbocycles. The van der Waals surface area contributed by atoms with E-state index in [-0.39, 0.29) is 4.90 Å². The Morgan fingerprint density at radius 2 is 1.74 bits per heavy atom. The zero-order valence-electron chi connectivity index (χ0n) is 10.8. The fourth-order valence-electron chi connectivity index (χ4n) is 1.85. The Morgan fingerprint density at radius 1 is 1.11 bits per heavy atom.